The molecule has 1 amide bonds. The molecule has 1 atom stereocenters. The average Bonchev–Trinajstić information content (AvgIpc) is 3.03. The lowest BCUT2D eigenvalue weighted by atomic mass is 9.96. The number of hydrogen-bond donors (Lipinski definition) is 0. The van der Waals surface area contributed by atoms with Gasteiger partial charge in [0.05, 0.1) is 5.69 Å². The molecule has 8 nitrogen and oxygen atoms in total. The Kier molecular flexibility index (Phi) is 4.53. The first-order valence-corrected chi connectivity index (χ1v) is 8.92. The molecule has 0 N–H and O–H groups in total. The Balaban J connectivity index is 1.66. The zero-order chi connectivity index (χ0) is 18.8. The highest BCUT2D eigenvalue weighted by atomic mass is 16.2. The first kappa shape index (κ1) is 17.1. The van der Waals surface area contributed by atoms with E-state index in [4.69, 9.17) is 0 Å². The van der Waals surface area contributed by atoms with Crippen molar-refractivity contribution in [2.24, 2.45) is 7.05 Å². The number of benzene rings is 1. The summed E-state index contributed by atoms with van der Waals surface area (Å²) in [5, 5.41) is 4.48. The summed E-state index contributed by atoms with van der Waals surface area (Å²) in [5.41, 5.74) is 0.979. The number of hydrogen-bond acceptors (Lipinski definition) is 5. The summed E-state index contributed by atoms with van der Waals surface area (Å²) in [7, 11) is 1.65. The predicted octanol–water partition coefficient (Wildman–Crippen LogP) is 1.38. The van der Waals surface area contributed by atoms with Gasteiger partial charge in [-0.05, 0) is 31.0 Å². The van der Waals surface area contributed by atoms with Gasteiger partial charge in [-0.3, -0.25) is 4.79 Å². The summed E-state index contributed by atoms with van der Waals surface area (Å²) < 4.78 is 3.00. The maximum absolute atomic E-state index is 12.7. The van der Waals surface area contributed by atoms with Crippen molar-refractivity contribution in [1.82, 2.24) is 29.2 Å². The average molecular weight is 364 g/mol. The van der Waals surface area contributed by atoms with Gasteiger partial charge in [0.1, 0.15) is 17.8 Å². The molecular formula is C19H20N6O2. The number of carbonyl (C=O) groups is 1. The van der Waals surface area contributed by atoms with Crippen LogP contribution in [-0.4, -0.2) is 48.2 Å². The third kappa shape index (κ3) is 3.25. The van der Waals surface area contributed by atoms with Crippen LogP contribution in [0.15, 0.2) is 53.7 Å². The second-order valence-corrected chi connectivity index (χ2v) is 6.62. The van der Waals surface area contributed by atoms with Crippen LogP contribution in [0.1, 0.15) is 35.1 Å². The lowest BCUT2D eigenvalue weighted by Crippen LogP contribution is -2.40. The highest BCUT2D eigenvalue weighted by Crippen LogP contribution is 2.27. The fourth-order valence-corrected chi connectivity index (χ4v) is 3.52. The van der Waals surface area contributed by atoms with Gasteiger partial charge in [0.2, 0.25) is 0 Å². The van der Waals surface area contributed by atoms with Crippen LogP contribution in [0.3, 0.4) is 0 Å². The summed E-state index contributed by atoms with van der Waals surface area (Å²) in [4.78, 5) is 35.1. The smallest absolute Gasteiger partial charge is 0.337 e. The molecular weight excluding hydrogens is 344 g/mol. The second kappa shape index (κ2) is 7.14. The number of aromatic nitrogens is 5. The third-order valence-corrected chi connectivity index (χ3v) is 4.84. The van der Waals surface area contributed by atoms with Crippen LogP contribution in [-0.2, 0) is 7.05 Å². The lowest BCUT2D eigenvalue weighted by Gasteiger charge is -2.32. The van der Waals surface area contributed by atoms with E-state index >= 15 is 0 Å². The van der Waals surface area contributed by atoms with Crippen LogP contribution in [0.2, 0.25) is 0 Å². The third-order valence-electron chi connectivity index (χ3n) is 4.84. The SMILES string of the molecule is Cn1nc([C@H]2CCCN(C(=O)c3ccncn3)C2)n(-c2ccccc2)c1=O. The summed E-state index contributed by atoms with van der Waals surface area (Å²) in [6, 6.07) is 11.1. The van der Waals surface area contributed by atoms with E-state index in [9.17, 15) is 9.59 Å². The minimum atomic E-state index is -0.185. The lowest BCUT2D eigenvalue weighted by molar-refractivity contribution is 0.0697. The number of nitrogens with zero attached hydrogens (tertiary/aromatic N) is 6. The molecule has 3 aromatic rings. The monoisotopic (exact) mass is 364 g/mol. The number of piperidine rings is 1. The molecule has 0 saturated carbocycles. The molecule has 0 unspecified atom stereocenters. The van der Waals surface area contributed by atoms with Gasteiger partial charge in [-0.25, -0.2) is 24.0 Å². The number of para-hydroxylation sites is 1. The van der Waals surface area contributed by atoms with E-state index in [1.165, 1.54) is 11.0 Å². The van der Waals surface area contributed by atoms with E-state index in [1.807, 2.05) is 30.3 Å². The minimum absolute atomic E-state index is 0.0151. The number of amides is 1. The molecule has 0 spiro atoms. The molecule has 1 aromatic carbocycles. The van der Waals surface area contributed by atoms with Crippen molar-refractivity contribution < 1.29 is 4.79 Å². The van der Waals surface area contributed by atoms with Crippen LogP contribution >= 0.6 is 0 Å². The van der Waals surface area contributed by atoms with Gasteiger partial charge in [-0.2, -0.15) is 5.10 Å². The van der Waals surface area contributed by atoms with Crippen LogP contribution < -0.4 is 5.69 Å². The first-order valence-electron chi connectivity index (χ1n) is 8.92. The fourth-order valence-electron chi connectivity index (χ4n) is 3.52. The minimum Gasteiger partial charge on any atom is -0.337 e. The van der Waals surface area contributed by atoms with E-state index in [0.29, 0.717) is 24.6 Å². The quantitative estimate of drug-likeness (QED) is 0.701. The summed E-state index contributed by atoms with van der Waals surface area (Å²) >= 11 is 0. The Bertz CT molecular complexity index is 996. The first-order chi connectivity index (χ1) is 13.1. The normalized spacial score (nSPS) is 17.1. The van der Waals surface area contributed by atoms with Gasteiger partial charge < -0.3 is 4.90 Å². The molecule has 0 radical (unpaired) electrons. The van der Waals surface area contributed by atoms with Crippen LogP contribution in [0.25, 0.3) is 5.69 Å². The number of likely N-dealkylation sites (tertiary alicyclic amines) is 1. The van der Waals surface area contributed by atoms with Crippen molar-refractivity contribution in [2.45, 2.75) is 18.8 Å². The van der Waals surface area contributed by atoms with Crippen LogP contribution in [0, 0.1) is 0 Å². The number of rotatable bonds is 3. The summed E-state index contributed by atoms with van der Waals surface area (Å²) in [6.45, 7) is 1.17. The van der Waals surface area contributed by atoms with Gasteiger partial charge in [-0.1, -0.05) is 18.2 Å². The van der Waals surface area contributed by atoms with Gasteiger partial charge in [0, 0.05) is 32.3 Å². The number of aryl methyl sites for hydroxylation is 1. The molecule has 0 aliphatic carbocycles. The van der Waals surface area contributed by atoms with Crippen LogP contribution in [0.5, 0.6) is 0 Å². The Morgan fingerprint density at radius 1 is 1.19 bits per heavy atom. The van der Waals surface area contributed by atoms with Crippen molar-refractivity contribution >= 4 is 5.91 Å². The van der Waals surface area contributed by atoms with Crippen molar-refractivity contribution in [3.8, 4) is 5.69 Å². The molecule has 4 rings (SSSR count). The van der Waals surface area contributed by atoms with Crippen molar-refractivity contribution in [1.29, 1.82) is 0 Å². The zero-order valence-corrected chi connectivity index (χ0v) is 15.0. The van der Waals surface area contributed by atoms with Gasteiger partial charge in [-0.15, -0.1) is 0 Å². The highest BCUT2D eigenvalue weighted by Gasteiger charge is 2.30. The molecule has 1 aliphatic rings. The van der Waals surface area contributed by atoms with E-state index < -0.39 is 0 Å². The Morgan fingerprint density at radius 2 is 2.00 bits per heavy atom. The predicted molar refractivity (Wildman–Crippen MR) is 98.7 cm³/mol. The zero-order valence-electron chi connectivity index (χ0n) is 15.0. The molecule has 2 aromatic heterocycles. The van der Waals surface area contributed by atoms with E-state index in [2.05, 4.69) is 15.1 Å². The second-order valence-electron chi connectivity index (χ2n) is 6.62. The largest absolute Gasteiger partial charge is 0.350 e. The molecule has 1 saturated heterocycles. The highest BCUT2D eigenvalue weighted by molar-refractivity contribution is 5.92. The molecule has 27 heavy (non-hydrogen) atoms. The summed E-state index contributed by atoms with van der Waals surface area (Å²) in [6.07, 6.45) is 4.66. The topological polar surface area (TPSA) is 85.9 Å². The fraction of sp³-hybridized carbons (Fsp3) is 0.316. The molecule has 138 valence electrons. The molecule has 0 bridgehead atoms. The van der Waals surface area contributed by atoms with Gasteiger partial charge >= 0.3 is 5.69 Å². The maximum atomic E-state index is 12.7. The maximum Gasteiger partial charge on any atom is 0.350 e. The molecule has 1 fully saturated rings. The van der Waals surface area contributed by atoms with Crippen molar-refractivity contribution in [2.75, 3.05) is 13.1 Å². The Morgan fingerprint density at radius 3 is 2.74 bits per heavy atom. The molecule has 1 aliphatic heterocycles. The summed E-state index contributed by atoms with van der Waals surface area (Å²) in [5.74, 6) is 0.555. The van der Waals surface area contributed by atoms with Crippen LogP contribution in [0.4, 0.5) is 0 Å². The number of carbonyl (C=O) groups excluding carboxylic acids is 1. The van der Waals surface area contributed by atoms with E-state index in [0.717, 1.165) is 18.5 Å². The van der Waals surface area contributed by atoms with Gasteiger partial charge in [0.15, 0.2) is 0 Å². The van der Waals surface area contributed by atoms with E-state index in [1.54, 1.807) is 28.8 Å². The van der Waals surface area contributed by atoms with E-state index in [-0.39, 0.29) is 17.5 Å². The van der Waals surface area contributed by atoms with Crippen molar-refractivity contribution in [3.63, 3.8) is 0 Å². The van der Waals surface area contributed by atoms with Gasteiger partial charge in [0.25, 0.3) is 5.91 Å². The Hall–Kier alpha value is -3.29. The Labute approximate surface area is 156 Å². The molecule has 8 heteroatoms. The van der Waals surface area contributed by atoms with Crippen molar-refractivity contribution in [3.05, 3.63) is 70.9 Å². The standard InChI is InChI=1S/C19H20N6O2/c1-23-19(27)25(15-7-3-2-4-8-15)17(22-23)14-6-5-11-24(12-14)18(26)16-9-10-20-13-21-16/h2-4,7-10,13-14H,5-6,11-12H2,1H3/t14-/m0/s1. The molecule has 3 heterocycles.